The molecule has 1 aromatic heterocycles. The van der Waals surface area contributed by atoms with Crippen molar-refractivity contribution >= 4 is 43.2 Å². The summed E-state index contributed by atoms with van der Waals surface area (Å²) in [5.41, 5.74) is 2.36. The van der Waals surface area contributed by atoms with Crippen LogP contribution in [-0.4, -0.2) is 56.1 Å². The van der Waals surface area contributed by atoms with E-state index in [4.69, 9.17) is 4.74 Å². The zero-order valence-corrected chi connectivity index (χ0v) is 19.9. The number of aromatic nitrogens is 1. The minimum absolute atomic E-state index is 0.00886. The molecule has 3 heterocycles. The maximum Gasteiger partial charge on any atom is 0.308 e. The predicted octanol–water partition coefficient (Wildman–Crippen LogP) is 2.45. The van der Waals surface area contributed by atoms with E-state index in [0.717, 1.165) is 16.9 Å². The van der Waals surface area contributed by atoms with Crippen LogP contribution in [0, 0.1) is 0 Å². The fraction of sp³-hybridized carbons (Fsp3) is 0.391. The Labute approximate surface area is 196 Å². The number of carbonyl (C=O) groups is 1. The Hall–Kier alpha value is -2.69. The van der Waals surface area contributed by atoms with E-state index < -0.39 is 10.0 Å². The fourth-order valence-corrected chi connectivity index (χ4v) is 7.36. The summed E-state index contributed by atoms with van der Waals surface area (Å²) in [6.45, 7) is 4.36. The lowest BCUT2D eigenvalue weighted by molar-refractivity contribution is -0.135. The molecule has 2 aliphatic heterocycles. The third-order valence-electron chi connectivity index (χ3n) is 6.25. The van der Waals surface area contributed by atoms with Crippen LogP contribution in [0.2, 0.25) is 0 Å². The SMILES string of the molecule is C[C@@H]1Cc2ccccc2N1S(=O)(=O)c1ccc2c(c1)sc(=O)n2CCC(=O)N1CCOCC1. The van der Waals surface area contributed by atoms with Crippen LogP contribution >= 0.6 is 11.3 Å². The van der Waals surface area contributed by atoms with Crippen LogP contribution in [0.3, 0.4) is 0 Å². The van der Waals surface area contributed by atoms with Gasteiger partial charge in [0.2, 0.25) is 5.91 Å². The summed E-state index contributed by atoms with van der Waals surface area (Å²) in [7, 11) is -3.78. The van der Waals surface area contributed by atoms with Gasteiger partial charge in [0.05, 0.1) is 34.0 Å². The molecule has 2 aliphatic rings. The Kier molecular flexibility index (Phi) is 5.75. The molecule has 0 N–H and O–H groups in total. The number of fused-ring (bicyclic) bond motifs is 2. The molecule has 5 rings (SSSR count). The van der Waals surface area contributed by atoms with Gasteiger partial charge in [-0.1, -0.05) is 29.5 Å². The van der Waals surface area contributed by atoms with E-state index in [1.54, 1.807) is 27.7 Å². The van der Waals surface area contributed by atoms with E-state index in [2.05, 4.69) is 0 Å². The number of anilines is 1. The van der Waals surface area contributed by atoms with Gasteiger partial charge in [-0.2, -0.15) is 0 Å². The second kappa shape index (κ2) is 8.58. The minimum atomic E-state index is -3.78. The van der Waals surface area contributed by atoms with Gasteiger partial charge in [-0.15, -0.1) is 0 Å². The number of para-hydroxylation sites is 1. The normalized spacial score (nSPS) is 18.6. The molecule has 0 spiro atoms. The number of hydrogen-bond donors (Lipinski definition) is 0. The lowest BCUT2D eigenvalue weighted by atomic mass is 10.1. The number of nitrogens with zero attached hydrogens (tertiary/aromatic N) is 3. The number of benzene rings is 2. The number of hydrogen-bond acceptors (Lipinski definition) is 6. The average molecular weight is 488 g/mol. The van der Waals surface area contributed by atoms with Crippen molar-refractivity contribution in [3.8, 4) is 0 Å². The number of morpholine rings is 1. The van der Waals surface area contributed by atoms with Crippen molar-refractivity contribution < 1.29 is 17.9 Å². The average Bonchev–Trinajstić information content (AvgIpc) is 3.32. The molecule has 0 unspecified atom stereocenters. The fourth-order valence-electron chi connectivity index (χ4n) is 4.61. The molecule has 0 radical (unpaired) electrons. The second-order valence-corrected chi connectivity index (χ2v) is 11.2. The van der Waals surface area contributed by atoms with Crippen LogP contribution in [0.4, 0.5) is 5.69 Å². The van der Waals surface area contributed by atoms with Crippen molar-refractivity contribution in [1.82, 2.24) is 9.47 Å². The van der Waals surface area contributed by atoms with Gasteiger partial charge in [0, 0.05) is 32.1 Å². The standard InChI is InChI=1S/C23H25N3O5S2/c1-16-14-17-4-2-3-5-19(17)26(16)33(29,30)18-6-7-20-21(15-18)32-23(28)25(20)9-8-22(27)24-10-12-31-13-11-24/h2-7,15-16H,8-14H2,1H3/t16-/m1/s1. The summed E-state index contributed by atoms with van der Waals surface area (Å²) in [6.07, 6.45) is 0.881. The van der Waals surface area contributed by atoms with Crippen molar-refractivity contribution in [3.05, 3.63) is 57.7 Å². The van der Waals surface area contributed by atoms with Crippen molar-refractivity contribution in [3.63, 3.8) is 0 Å². The molecule has 33 heavy (non-hydrogen) atoms. The van der Waals surface area contributed by atoms with Crippen LogP contribution in [-0.2, 0) is 32.5 Å². The number of aryl methyl sites for hydroxylation is 1. The highest BCUT2D eigenvalue weighted by atomic mass is 32.2. The Morgan fingerprint density at radius 1 is 1.15 bits per heavy atom. The highest BCUT2D eigenvalue weighted by Crippen LogP contribution is 2.37. The Bertz CT molecular complexity index is 1370. The summed E-state index contributed by atoms with van der Waals surface area (Å²) < 4.78 is 35.9. The highest BCUT2D eigenvalue weighted by Gasteiger charge is 2.36. The first kappa shape index (κ1) is 22.1. The van der Waals surface area contributed by atoms with E-state index in [-0.39, 0.29) is 34.7 Å². The molecule has 1 fully saturated rings. The molecular weight excluding hydrogens is 462 g/mol. The molecule has 2 aromatic carbocycles. The number of rotatable bonds is 5. The number of ether oxygens (including phenoxy) is 1. The van der Waals surface area contributed by atoms with Gasteiger partial charge >= 0.3 is 4.87 Å². The van der Waals surface area contributed by atoms with Crippen LogP contribution in [0.1, 0.15) is 18.9 Å². The minimum Gasteiger partial charge on any atom is -0.378 e. The lowest BCUT2D eigenvalue weighted by Gasteiger charge is -2.26. The maximum atomic E-state index is 13.5. The summed E-state index contributed by atoms with van der Waals surface area (Å²) in [5, 5.41) is 0. The van der Waals surface area contributed by atoms with Crippen LogP contribution < -0.4 is 9.18 Å². The molecule has 10 heteroatoms. The van der Waals surface area contributed by atoms with Gasteiger partial charge < -0.3 is 9.64 Å². The van der Waals surface area contributed by atoms with E-state index in [1.807, 2.05) is 31.2 Å². The molecule has 8 nitrogen and oxygen atoms in total. The molecule has 174 valence electrons. The quantitative estimate of drug-likeness (QED) is 0.552. The number of sulfonamides is 1. The predicted molar refractivity (Wildman–Crippen MR) is 127 cm³/mol. The Balaban J connectivity index is 1.42. The molecule has 1 amide bonds. The zero-order chi connectivity index (χ0) is 23.2. The van der Waals surface area contributed by atoms with Crippen molar-refractivity contribution in [1.29, 1.82) is 0 Å². The van der Waals surface area contributed by atoms with Crippen molar-refractivity contribution in [2.45, 2.75) is 37.2 Å². The smallest absolute Gasteiger partial charge is 0.308 e. The molecule has 1 saturated heterocycles. The summed E-state index contributed by atoms with van der Waals surface area (Å²) >= 11 is 1.00. The molecule has 0 aliphatic carbocycles. The van der Waals surface area contributed by atoms with Gasteiger partial charge in [0.25, 0.3) is 10.0 Å². The zero-order valence-electron chi connectivity index (χ0n) is 18.3. The first-order valence-electron chi connectivity index (χ1n) is 11.0. The summed E-state index contributed by atoms with van der Waals surface area (Å²) in [6, 6.07) is 12.2. The topological polar surface area (TPSA) is 88.9 Å². The van der Waals surface area contributed by atoms with E-state index in [0.29, 0.717) is 48.6 Å². The van der Waals surface area contributed by atoms with Crippen molar-refractivity contribution in [2.24, 2.45) is 0 Å². The third kappa shape index (κ3) is 3.96. The summed E-state index contributed by atoms with van der Waals surface area (Å²) in [5.74, 6) is -0.00886. The number of thiazole rings is 1. The highest BCUT2D eigenvalue weighted by molar-refractivity contribution is 7.93. The van der Waals surface area contributed by atoms with Gasteiger partial charge in [-0.05, 0) is 43.2 Å². The largest absolute Gasteiger partial charge is 0.378 e. The molecular formula is C23H25N3O5S2. The second-order valence-electron chi connectivity index (χ2n) is 8.38. The first-order valence-corrected chi connectivity index (χ1v) is 13.2. The van der Waals surface area contributed by atoms with Gasteiger partial charge in [0.1, 0.15) is 0 Å². The van der Waals surface area contributed by atoms with Gasteiger partial charge in [-0.3, -0.25) is 18.5 Å². The lowest BCUT2D eigenvalue weighted by Crippen LogP contribution is -2.41. The van der Waals surface area contributed by atoms with Crippen molar-refractivity contribution in [2.75, 3.05) is 30.6 Å². The van der Waals surface area contributed by atoms with Crippen LogP contribution in [0.25, 0.3) is 10.2 Å². The third-order valence-corrected chi connectivity index (χ3v) is 9.12. The molecule has 0 saturated carbocycles. The van der Waals surface area contributed by atoms with E-state index >= 15 is 0 Å². The van der Waals surface area contributed by atoms with Crippen LogP contribution in [0.5, 0.6) is 0 Å². The summed E-state index contributed by atoms with van der Waals surface area (Å²) in [4.78, 5) is 26.8. The molecule has 1 atom stereocenters. The van der Waals surface area contributed by atoms with E-state index in [9.17, 15) is 18.0 Å². The van der Waals surface area contributed by atoms with Crippen LogP contribution in [0.15, 0.2) is 52.2 Å². The number of amides is 1. The molecule has 0 bridgehead atoms. The van der Waals surface area contributed by atoms with Gasteiger partial charge in [0.15, 0.2) is 0 Å². The van der Waals surface area contributed by atoms with E-state index in [1.165, 1.54) is 4.31 Å². The Morgan fingerprint density at radius 3 is 2.70 bits per heavy atom. The van der Waals surface area contributed by atoms with Gasteiger partial charge in [-0.25, -0.2) is 8.42 Å². The maximum absolute atomic E-state index is 13.5. The first-order chi connectivity index (χ1) is 15.9. The molecule has 3 aromatic rings. The monoisotopic (exact) mass is 487 g/mol. The Morgan fingerprint density at radius 2 is 1.91 bits per heavy atom. The number of carbonyl (C=O) groups excluding carboxylic acids is 1.